The van der Waals surface area contributed by atoms with Gasteiger partial charge in [-0.15, -0.1) is 0 Å². The molecule has 0 radical (unpaired) electrons. The van der Waals surface area contributed by atoms with E-state index in [4.69, 9.17) is 0 Å². The fraction of sp³-hybridized carbons (Fsp3) is 0.500. The lowest BCUT2D eigenvalue weighted by Crippen LogP contribution is -2.39. The van der Waals surface area contributed by atoms with E-state index in [1.54, 1.807) is 11.6 Å². The Bertz CT molecular complexity index is 924. The summed E-state index contributed by atoms with van der Waals surface area (Å²) in [4.78, 5) is 38.7. The molecule has 1 aromatic heterocycles. The number of carbonyl (C=O) groups is 2. The maximum atomic E-state index is 12.5. The van der Waals surface area contributed by atoms with Gasteiger partial charge in [-0.05, 0) is 37.8 Å². The Balaban J connectivity index is 1.62. The van der Waals surface area contributed by atoms with Gasteiger partial charge in [0.25, 0.3) is 0 Å². The van der Waals surface area contributed by atoms with Crippen LogP contribution in [0.2, 0.25) is 0 Å². The minimum atomic E-state index is -0.327. The molecule has 1 aromatic carbocycles. The largest absolute Gasteiger partial charge is 0.346 e. The molecule has 0 fully saturated rings. The zero-order valence-electron chi connectivity index (χ0n) is 16.7. The number of aryl methyl sites for hydroxylation is 3. The number of likely N-dealkylation sites (N-methyl/N-ethyl adjacent to an activating group) is 1. The Morgan fingerprint density at radius 3 is 2.61 bits per heavy atom. The first-order valence-electron chi connectivity index (χ1n) is 9.63. The van der Waals surface area contributed by atoms with Gasteiger partial charge in [0.2, 0.25) is 11.8 Å². The number of amides is 2. The second-order valence-electron chi connectivity index (χ2n) is 7.38. The van der Waals surface area contributed by atoms with Crippen LogP contribution in [0.5, 0.6) is 0 Å². The summed E-state index contributed by atoms with van der Waals surface area (Å²) in [5.41, 5.74) is 2.45. The molecule has 0 unspecified atom stereocenters. The second-order valence-corrected chi connectivity index (χ2v) is 7.38. The van der Waals surface area contributed by atoms with E-state index in [2.05, 4.69) is 10.4 Å². The highest BCUT2D eigenvalue weighted by Crippen LogP contribution is 2.19. The van der Waals surface area contributed by atoms with Gasteiger partial charge in [0.05, 0.1) is 6.54 Å². The normalized spacial score (nSPS) is 13.5. The lowest BCUT2D eigenvalue weighted by atomic mass is 10.1. The molecular weight excluding hydrogens is 358 g/mol. The summed E-state index contributed by atoms with van der Waals surface area (Å²) in [5, 5.41) is 7.19. The monoisotopic (exact) mass is 385 g/mol. The molecule has 1 aliphatic rings. The second kappa shape index (κ2) is 8.41. The number of carbonyl (C=O) groups excluding carboxylic acids is 2. The number of fused-ring (bicyclic) bond motifs is 1. The maximum Gasteiger partial charge on any atom is 0.346 e. The summed E-state index contributed by atoms with van der Waals surface area (Å²) >= 11 is 0. The molecule has 0 saturated carbocycles. The number of nitrogens with one attached hydrogen (secondary N) is 1. The smallest absolute Gasteiger partial charge is 0.335 e. The first-order chi connectivity index (χ1) is 13.4. The van der Waals surface area contributed by atoms with Crippen molar-refractivity contribution in [3.8, 4) is 0 Å². The summed E-state index contributed by atoms with van der Waals surface area (Å²) in [5.74, 6) is 0.138. The maximum absolute atomic E-state index is 12.5. The number of hydrogen-bond acceptors (Lipinski definition) is 4. The van der Waals surface area contributed by atoms with Gasteiger partial charge in [0.15, 0.2) is 0 Å². The van der Waals surface area contributed by atoms with Gasteiger partial charge in [-0.1, -0.05) is 24.6 Å². The predicted molar refractivity (Wildman–Crippen MR) is 106 cm³/mol. The van der Waals surface area contributed by atoms with Gasteiger partial charge in [0.1, 0.15) is 12.4 Å². The highest BCUT2D eigenvalue weighted by Gasteiger charge is 2.20. The third kappa shape index (κ3) is 4.32. The summed E-state index contributed by atoms with van der Waals surface area (Å²) in [6.45, 7) is 4.25. The van der Waals surface area contributed by atoms with E-state index in [-0.39, 0.29) is 30.6 Å². The van der Waals surface area contributed by atoms with Crippen molar-refractivity contribution in [1.29, 1.82) is 0 Å². The van der Waals surface area contributed by atoms with Crippen molar-refractivity contribution >= 4 is 17.5 Å². The lowest BCUT2D eigenvalue weighted by molar-refractivity contribution is -0.134. The molecule has 0 aliphatic carbocycles. The van der Waals surface area contributed by atoms with E-state index in [9.17, 15) is 14.4 Å². The van der Waals surface area contributed by atoms with Crippen molar-refractivity contribution in [3.05, 3.63) is 45.6 Å². The molecule has 0 atom stereocenters. The van der Waals surface area contributed by atoms with E-state index in [0.717, 1.165) is 48.3 Å². The SMILES string of the molecule is Cc1cccc(C)c1NC(=O)CN(C)C(=O)Cn1nc2n(c1=O)CCCCC2. The third-order valence-corrected chi connectivity index (χ3v) is 5.12. The van der Waals surface area contributed by atoms with E-state index < -0.39 is 0 Å². The topological polar surface area (TPSA) is 89.2 Å². The molecule has 2 amide bonds. The van der Waals surface area contributed by atoms with Crippen molar-refractivity contribution in [1.82, 2.24) is 19.2 Å². The van der Waals surface area contributed by atoms with E-state index in [0.29, 0.717) is 6.54 Å². The molecular formula is C20H27N5O3. The number of nitrogens with zero attached hydrogens (tertiary/aromatic N) is 4. The zero-order valence-corrected chi connectivity index (χ0v) is 16.7. The molecule has 28 heavy (non-hydrogen) atoms. The average molecular weight is 385 g/mol. The van der Waals surface area contributed by atoms with Crippen molar-refractivity contribution in [2.75, 3.05) is 18.9 Å². The first kappa shape index (κ1) is 19.9. The molecule has 1 aliphatic heterocycles. The minimum absolute atomic E-state index is 0.0884. The number of benzene rings is 1. The van der Waals surface area contributed by atoms with Crippen molar-refractivity contribution < 1.29 is 9.59 Å². The van der Waals surface area contributed by atoms with Crippen LogP contribution in [0, 0.1) is 13.8 Å². The number of aromatic nitrogens is 3. The molecule has 3 rings (SSSR count). The quantitative estimate of drug-likeness (QED) is 0.844. The van der Waals surface area contributed by atoms with E-state index >= 15 is 0 Å². The van der Waals surface area contributed by atoms with E-state index in [1.165, 1.54) is 9.58 Å². The van der Waals surface area contributed by atoms with E-state index in [1.807, 2.05) is 32.0 Å². The molecule has 0 spiro atoms. The van der Waals surface area contributed by atoms with Crippen LogP contribution in [0.4, 0.5) is 5.69 Å². The molecule has 150 valence electrons. The molecule has 0 bridgehead atoms. The highest BCUT2D eigenvalue weighted by atomic mass is 16.2. The van der Waals surface area contributed by atoms with Gasteiger partial charge >= 0.3 is 5.69 Å². The van der Waals surface area contributed by atoms with Crippen LogP contribution in [-0.2, 0) is 29.1 Å². The third-order valence-electron chi connectivity index (χ3n) is 5.12. The number of rotatable bonds is 5. The van der Waals surface area contributed by atoms with Gasteiger partial charge in [-0.3, -0.25) is 14.2 Å². The van der Waals surface area contributed by atoms with Gasteiger partial charge in [0, 0.05) is 25.7 Å². The van der Waals surface area contributed by atoms with Crippen LogP contribution in [0.3, 0.4) is 0 Å². The Labute approximate surface area is 164 Å². The average Bonchev–Trinajstić information content (AvgIpc) is 2.82. The Morgan fingerprint density at radius 1 is 1.18 bits per heavy atom. The molecule has 2 aromatic rings. The summed E-state index contributed by atoms with van der Waals surface area (Å²) < 4.78 is 2.87. The highest BCUT2D eigenvalue weighted by molar-refractivity contribution is 5.95. The minimum Gasteiger partial charge on any atom is -0.335 e. The van der Waals surface area contributed by atoms with Gasteiger partial charge in [-0.2, -0.15) is 5.10 Å². The molecule has 2 heterocycles. The molecule has 0 saturated heterocycles. The number of para-hydroxylation sites is 1. The lowest BCUT2D eigenvalue weighted by Gasteiger charge is -2.18. The van der Waals surface area contributed by atoms with Crippen LogP contribution < -0.4 is 11.0 Å². The first-order valence-corrected chi connectivity index (χ1v) is 9.63. The van der Waals surface area contributed by atoms with Crippen LogP contribution >= 0.6 is 0 Å². The molecule has 1 N–H and O–H groups in total. The van der Waals surface area contributed by atoms with Crippen LogP contribution in [0.25, 0.3) is 0 Å². The molecule has 8 nitrogen and oxygen atoms in total. The summed E-state index contributed by atoms with van der Waals surface area (Å²) in [6.07, 6.45) is 3.79. The van der Waals surface area contributed by atoms with Crippen molar-refractivity contribution in [2.45, 2.75) is 52.6 Å². The molecule has 8 heteroatoms. The number of hydrogen-bond donors (Lipinski definition) is 1. The summed E-state index contributed by atoms with van der Waals surface area (Å²) in [7, 11) is 1.55. The van der Waals surface area contributed by atoms with Crippen molar-refractivity contribution in [2.24, 2.45) is 0 Å². The summed E-state index contributed by atoms with van der Waals surface area (Å²) in [6, 6.07) is 5.78. The van der Waals surface area contributed by atoms with Crippen LogP contribution in [0.1, 0.15) is 36.2 Å². The Morgan fingerprint density at radius 2 is 1.89 bits per heavy atom. The van der Waals surface area contributed by atoms with Crippen LogP contribution in [-0.4, -0.2) is 44.7 Å². The van der Waals surface area contributed by atoms with Crippen LogP contribution in [0.15, 0.2) is 23.0 Å². The fourth-order valence-corrected chi connectivity index (χ4v) is 3.47. The Kier molecular flexibility index (Phi) is 5.96. The predicted octanol–water partition coefficient (Wildman–Crippen LogP) is 1.49. The fourth-order valence-electron chi connectivity index (χ4n) is 3.47. The van der Waals surface area contributed by atoms with Crippen molar-refractivity contribution in [3.63, 3.8) is 0 Å². The Hall–Kier alpha value is -2.90. The van der Waals surface area contributed by atoms with Gasteiger partial charge < -0.3 is 10.2 Å². The standard InChI is InChI=1S/C20H27N5O3/c1-14-8-7-9-15(2)19(14)21-17(26)12-23(3)18(27)13-25-20(28)24-11-6-4-5-10-16(24)22-25/h7-9H,4-6,10-13H2,1-3H3,(H,21,26). The zero-order chi connectivity index (χ0) is 20.3. The number of anilines is 1. The van der Waals surface area contributed by atoms with Gasteiger partial charge in [-0.25, -0.2) is 9.48 Å².